The number of nitrogens with two attached hydrogens (primary N) is 2. The van der Waals surface area contributed by atoms with Crippen molar-refractivity contribution < 1.29 is 23.4 Å². The number of anilines is 1. The number of primary amides is 1. The van der Waals surface area contributed by atoms with Gasteiger partial charge in [0.2, 0.25) is 0 Å². The van der Waals surface area contributed by atoms with Crippen LogP contribution < -0.4 is 16.2 Å². The van der Waals surface area contributed by atoms with Gasteiger partial charge in [0.05, 0.1) is 24.3 Å². The molecule has 1 aliphatic carbocycles. The standard InChI is InChI=1S/C25H23F2N5O3/c1-25(34)10-13(11-25)32-23(28)18(24(29)33)20(31-32)12-7-8-15-17(9-12)30-21(19(27)22(15)35-2)14-5-3-4-6-16(14)26/h3-9,13,34H,10-11,28H2,1-2H3,(H2,29,33). The lowest BCUT2D eigenvalue weighted by Gasteiger charge is -2.41. The Kier molecular flexibility index (Phi) is 5.21. The topological polar surface area (TPSA) is 129 Å². The lowest BCUT2D eigenvalue weighted by atomic mass is 9.77. The number of carbonyl (C=O) groups excluding carboxylic acids is 1. The maximum absolute atomic E-state index is 15.2. The molecule has 4 aromatic rings. The number of methoxy groups -OCH3 is 1. The number of ether oxygens (including phenoxy) is 1. The largest absolute Gasteiger partial charge is 0.493 e. The zero-order valence-corrected chi connectivity index (χ0v) is 19.0. The Morgan fingerprint density at radius 2 is 1.91 bits per heavy atom. The van der Waals surface area contributed by atoms with Gasteiger partial charge in [0.1, 0.15) is 28.6 Å². The van der Waals surface area contributed by atoms with Gasteiger partial charge in [0, 0.05) is 16.5 Å². The fourth-order valence-electron chi connectivity index (χ4n) is 4.69. The van der Waals surface area contributed by atoms with E-state index in [2.05, 4.69) is 10.1 Å². The Bertz CT molecular complexity index is 1490. The molecule has 0 radical (unpaired) electrons. The summed E-state index contributed by atoms with van der Waals surface area (Å²) in [5, 5.41) is 15.0. The zero-order chi connectivity index (χ0) is 25.1. The average Bonchev–Trinajstić information content (AvgIpc) is 3.14. The van der Waals surface area contributed by atoms with Gasteiger partial charge in [-0.25, -0.2) is 18.4 Å². The molecule has 5 N–H and O–H groups in total. The Morgan fingerprint density at radius 3 is 2.54 bits per heavy atom. The molecule has 5 rings (SSSR count). The summed E-state index contributed by atoms with van der Waals surface area (Å²) < 4.78 is 36.5. The van der Waals surface area contributed by atoms with E-state index in [1.54, 1.807) is 31.2 Å². The molecule has 1 aliphatic rings. The fraction of sp³-hybridized carbons (Fsp3) is 0.240. The molecule has 1 saturated carbocycles. The van der Waals surface area contributed by atoms with Gasteiger partial charge in [-0.3, -0.25) is 4.79 Å². The number of hydrogen-bond acceptors (Lipinski definition) is 6. The van der Waals surface area contributed by atoms with Crippen LogP contribution in [0.3, 0.4) is 0 Å². The molecule has 0 saturated heterocycles. The molecule has 0 bridgehead atoms. The van der Waals surface area contributed by atoms with Gasteiger partial charge >= 0.3 is 0 Å². The molecule has 2 aromatic carbocycles. The normalized spacial score (nSPS) is 19.5. The van der Waals surface area contributed by atoms with Crippen LogP contribution in [0.4, 0.5) is 14.6 Å². The SMILES string of the molecule is COc1c(F)c(-c2ccccc2F)nc2cc(-c3nn(C4CC(C)(O)C4)c(N)c3C(N)=O)ccc12. The first-order chi connectivity index (χ1) is 16.6. The minimum absolute atomic E-state index is 0.0148. The van der Waals surface area contributed by atoms with Crippen molar-refractivity contribution in [1.29, 1.82) is 0 Å². The van der Waals surface area contributed by atoms with E-state index in [1.165, 1.54) is 30.0 Å². The Balaban J connectivity index is 1.69. The van der Waals surface area contributed by atoms with Crippen molar-refractivity contribution in [2.24, 2.45) is 5.73 Å². The quantitative estimate of drug-likeness (QED) is 0.399. The number of amides is 1. The van der Waals surface area contributed by atoms with Crippen LogP contribution in [0.2, 0.25) is 0 Å². The van der Waals surface area contributed by atoms with Crippen molar-refractivity contribution in [3.63, 3.8) is 0 Å². The first kappa shape index (κ1) is 22.7. The van der Waals surface area contributed by atoms with Crippen LogP contribution in [0.25, 0.3) is 33.4 Å². The molecule has 2 aromatic heterocycles. The average molecular weight is 479 g/mol. The maximum Gasteiger partial charge on any atom is 0.254 e. The molecule has 180 valence electrons. The lowest BCUT2D eigenvalue weighted by Crippen LogP contribution is -2.42. The van der Waals surface area contributed by atoms with Crippen molar-refractivity contribution in [3.05, 3.63) is 59.7 Å². The molecule has 1 fully saturated rings. The summed E-state index contributed by atoms with van der Waals surface area (Å²) in [5.74, 6) is -2.16. The number of pyridine rings is 1. The number of nitrogens with zero attached hydrogens (tertiary/aromatic N) is 3. The first-order valence-electron chi connectivity index (χ1n) is 10.9. The van der Waals surface area contributed by atoms with Crippen LogP contribution in [-0.4, -0.2) is 38.5 Å². The summed E-state index contributed by atoms with van der Waals surface area (Å²) in [6.07, 6.45) is 0.858. The molecule has 0 spiro atoms. The van der Waals surface area contributed by atoms with E-state index in [0.717, 1.165) is 0 Å². The van der Waals surface area contributed by atoms with Gasteiger partial charge in [-0.1, -0.05) is 18.2 Å². The van der Waals surface area contributed by atoms with Crippen LogP contribution in [0, 0.1) is 11.6 Å². The second-order valence-corrected chi connectivity index (χ2v) is 9.00. The number of carbonyl (C=O) groups is 1. The number of fused-ring (bicyclic) bond motifs is 1. The second-order valence-electron chi connectivity index (χ2n) is 9.00. The van der Waals surface area contributed by atoms with Crippen molar-refractivity contribution in [1.82, 2.24) is 14.8 Å². The predicted molar refractivity (Wildman–Crippen MR) is 127 cm³/mol. The van der Waals surface area contributed by atoms with Crippen LogP contribution in [-0.2, 0) is 0 Å². The minimum Gasteiger partial charge on any atom is -0.493 e. The van der Waals surface area contributed by atoms with Gasteiger partial charge in [0.25, 0.3) is 5.91 Å². The number of rotatable bonds is 5. The highest BCUT2D eigenvalue weighted by molar-refractivity contribution is 6.04. The summed E-state index contributed by atoms with van der Waals surface area (Å²) in [4.78, 5) is 16.7. The van der Waals surface area contributed by atoms with Gasteiger partial charge < -0.3 is 21.3 Å². The van der Waals surface area contributed by atoms with E-state index in [1.807, 2.05) is 0 Å². The van der Waals surface area contributed by atoms with E-state index < -0.39 is 23.1 Å². The molecular weight excluding hydrogens is 456 g/mol. The molecule has 35 heavy (non-hydrogen) atoms. The highest BCUT2D eigenvalue weighted by atomic mass is 19.1. The Hall–Kier alpha value is -4.05. The third-order valence-corrected chi connectivity index (χ3v) is 6.38. The number of benzene rings is 2. The summed E-state index contributed by atoms with van der Waals surface area (Å²) in [6.45, 7) is 1.72. The smallest absolute Gasteiger partial charge is 0.254 e. The van der Waals surface area contributed by atoms with E-state index in [4.69, 9.17) is 16.2 Å². The van der Waals surface area contributed by atoms with Crippen molar-refractivity contribution >= 4 is 22.6 Å². The molecule has 0 atom stereocenters. The highest BCUT2D eigenvalue weighted by Gasteiger charge is 2.41. The number of aromatic nitrogens is 3. The van der Waals surface area contributed by atoms with Crippen molar-refractivity contribution in [3.8, 4) is 28.3 Å². The molecule has 2 heterocycles. The molecule has 8 nitrogen and oxygen atoms in total. The van der Waals surface area contributed by atoms with Gasteiger partial charge in [0.15, 0.2) is 11.6 Å². The molecule has 0 aliphatic heterocycles. The first-order valence-corrected chi connectivity index (χ1v) is 10.9. The number of aliphatic hydroxyl groups is 1. The van der Waals surface area contributed by atoms with Crippen LogP contribution in [0.15, 0.2) is 42.5 Å². The van der Waals surface area contributed by atoms with Crippen LogP contribution in [0.1, 0.15) is 36.2 Å². The van der Waals surface area contributed by atoms with E-state index in [9.17, 15) is 14.3 Å². The third kappa shape index (κ3) is 3.66. The van der Waals surface area contributed by atoms with Gasteiger partial charge in [-0.15, -0.1) is 0 Å². The molecule has 10 heteroatoms. The molecular formula is C25H23F2N5O3. The fourth-order valence-corrected chi connectivity index (χ4v) is 4.69. The Labute approximate surface area is 199 Å². The van der Waals surface area contributed by atoms with Crippen LogP contribution >= 0.6 is 0 Å². The number of hydrogen-bond donors (Lipinski definition) is 3. The van der Waals surface area contributed by atoms with E-state index in [-0.39, 0.29) is 40.1 Å². The monoisotopic (exact) mass is 479 g/mol. The Morgan fingerprint density at radius 1 is 1.20 bits per heavy atom. The van der Waals surface area contributed by atoms with E-state index >= 15 is 4.39 Å². The third-order valence-electron chi connectivity index (χ3n) is 6.38. The summed E-state index contributed by atoms with van der Waals surface area (Å²) in [6, 6.07) is 10.4. The molecule has 1 amide bonds. The maximum atomic E-state index is 15.2. The highest BCUT2D eigenvalue weighted by Crippen LogP contribution is 2.44. The number of halogens is 2. The summed E-state index contributed by atoms with van der Waals surface area (Å²) in [5.41, 5.74) is 11.8. The van der Waals surface area contributed by atoms with E-state index in [0.29, 0.717) is 29.3 Å². The van der Waals surface area contributed by atoms with Gasteiger partial charge in [-0.2, -0.15) is 5.10 Å². The predicted octanol–water partition coefficient (Wildman–Crippen LogP) is 3.82. The van der Waals surface area contributed by atoms with Gasteiger partial charge in [-0.05, 0) is 44.0 Å². The second kappa shape index (κ2) is 8.02. The summed E-state index contributed by atoms with van der Waals surface area (Å²) in [7, 11) is 1.32. The lowest BCUT2D eigenvalue weighted by molar-refractivity contribution is -0.0535. The molecule has 0 unspecified atom stereocenters. The van der Waals surface area contributed by atoms with Crippen molar-refractivity contribution in [2.75, 3.05) is 12.8 Å². The summed E-state index contributed by atoms with van der Waals surface area (Å²) >= 11 is 0. The zero-order valence-electron chi connectivity index (χ0n) is 19.0. The minimum atomic E-state index is -0.827. The van der Waals surface area contributed by atoms with Crippen LogP contribution in [0.5, 0.6) is 5.75 Å². The van der Waals surface area contributed by atoms with Crippen molar-refractivity contribution in [2.45, 2.75) is 31.4 Å². The number of nitrogen functional groups attached to an aromatic ring is 1.